The topological polar surface area (TPSA) is 93.7 Å². The van der Waals surface area contributed by atoms with E-state index in [-0.39, 0.29) is 11.5 Å². The van der Waals surface area contributed by atoms with Crippen molar-refractivity contribution in [3.63, 3.8) is 0 Å². The number of amides is 2. The van der Waals surface area contributed by atoms with Gasteiger partial charge in [0.15, 0.2) is 0 Å². The summed E-state index contributed by atoms with van der Waals surface area (Å²) in [6.45, 7) is 7.98. The lowest BCUT2D eigenvalue weighted by Crippen LogP contribution is -2.36. The zero-order valence-electron chi connectivity index (χ0n) is 18.5. The van der Waals surface area contributed by atoms with E-state index in [1.807, 2.05) is 6.07 Å². The van der Waals surface area contributed by atoms with Crippen molar-refractivity contribution in [1.82, 2.24) is 21.2 Å². The van der Waals surface area contributed by atoms with Crippen molar-refractivity contribution in [2.24, 2.45) is 0 Å². The van der Waals surface area contributed by atoms with E-state index >= 15 is 0 Å². The number of rotatable bonds is 10. The van der Waals surface area contributed by atoms with Gasteiger partial charge in [-0.1, -0.05) is 50.2 Å². The maximum Gasteiger partial charge on any atom is 0.274 e. The first-order valence-electron chi connectivity index (χ1n) is 10.9. The highest BCUT2D eigenvalue weighted by Gasteiger charge is 2.10. The first-order chi connectivity index (χ1) is 15.6. The first kappa shape index (κ1) is 23.4. The van der Waals surface area contributed by atoms with E-state index < -0.39 is 5.91 Å². The van der Waals surface area contributed by atoms with E-state index in [1.54, 1.807) is 5.48 Å². The molecule has 0 spiro atoms. The van der Waals surface area contributed by atoms with Gasteiger partial charge in [-0.2, -0.15) is 0 Å². The van der Waals surface area contributed by atoms with Crippen LogP contribution in [0.3, 0.4) is 0 Å². The second-order valence-corrected chi connectivity index (χ2v) is 7.53. The Morgan fingerprint density at radius 1 is 0.812 bits per heavy atom. The number of benzene rings is 3. The van der Waals surface area contributed by atoms with Crippen LogP contribution in [0.4, 0.5) is 0 Å². The average molecular weight is 435 g/mol. The van der Waals surface area contributed by atoms with Crippen molar-refractivity contribution in [2.75, 3.05) is 19.6 Å². The van der Waals surface area contributed by atoms with Crippen LogP contribution in [-0.2, 0) is 13.0 Å². The molecule has 0 aromatic heterocycles. The van der Waals surface area contributed by atoms with E-state index in [4.69, 9.17) is 5.21 Å². The van der Waals surface area contributed by atoms with Gasteiger partial charge in [-0.25, -0.2) is 10.9 Å². The molecule has 0 aliphatic carbocycles. The molecule has 0 bridgehead atoms. The Bertz CT molecular complexity index is 1060. The molecule has 0 heterocycles. The maximum atomic E-state index is 12.4. The van der Waals surface area contributed by atoms with Gasteiger partial charge in [0.2, 0.25) is 0 Å². The van der Waals surface area contributed by atoms with Crippen molar-refractivity contribution >= 4 is 22.6 Å². The molecule has 2 amide bonds. The third kappa shape index (κ3) is 5.70. The standard InChI is InChI=1S/C25H30N4O3/c1-3-29(4-2)16-15-18-9-14-21(23-8-6-5-7-22(18)23)17-26-27-24(30)19-10-12-20(13-11-19)25(31)28-32/h5-14,26,32H,3-4,15-17H2,1-2H3,(H,27,30)(H,28,31). The van der Waals surface area contributed by atoms with Crippen LogP contribution in [0.25, 0.3) is 10.8 Å². The fourth-order valence-electron chi connectivity index (χ4n) is 3.74. The third-order valence-electron chi connectivity index (χ3n) is 5.69. The fraction of sp³-hybridized carbons (Fsp3) is 0.280. The van der Waals surface area contributed by atoms with E-state index in [0.717, 1.165) is 31.6 Å². The van der Waals surface area contributed by atoms with E-state index in [1.165, 1.54) is 40.6 Å². The van der Waals surface area contributed by atoms with E-state index in [0.29, 0.717) is 12.1 Å². The number of hydrogen-bond donors (Lipinski definition) is 4. The molecule has 0 aliphatic heterocycles. The smallest absolute Gasteiger partial charge is 0.274 e. The summed E-state index contributed by atoms with van der Waals surface area (Å²) < 4.78 is 0. The average Bonchev–Trinajstić information content (AvgIpc) is 2.85. The lowest BCUT2D eigenvalue weighted by Gasteiger charge is -2.19. The normalized spacial score (nSPS) is 11.0. The molecule has 0 atom stereocenters. The first-order valence-corrected chi connectivity index (χ1v) is 10.9. The van der Waals surface area contributed by atoms with Crippen LogP contribution in [-0.4, -0.2) is 41.6 Å². The predicted molar refractivity (Wildman–Crippen MR) is 125 cm³/mol. The van der Waals surface area contributed by atoms with Gasteiger partial charge in [-0.15, -0.1) is 0 Å². The zero-order valence-corrected chi connectivity index (χ0v) is 18.5. The highest BCUT2D eigenvalue weighted by atomic mass is 16.5. The molecule has 0 fully saturated rings. The Balaban J connectivity index is 1.64. The minimum absolute atomic E-state index is 0.268. The maximum absolute atomic E-state index is 12.4. The van der Waals surface area contributed by atoms with Gasteiger partial charge in [0.25, 0.3) is 11.8 Å². The summed E-state index contributed by atoms with van der Waals surface area (Å²) in [5.74, 6) is -0.927. The van der Waals surface area contributed by atoms with Gasteiger partial charge < -0.3 is 4.90 Å². The van der Waals surface area contributed by atoms with Crippen molar-refractivity contribution in [1.29, 1.82) is 0 Å². The lowest BCUT2D eigenvalue weighted by atomic mass is 9.97. The molecule has 3 aromatic carbocycles. The third-order valence-corrected chi connectivity index (χ3v) is 5.69. The number of nitrogens with one attached hydrogen (secondary N) is 3. The Morgan fingerprint density at radius 2 is 1.38 bits per heavy atom. The summed E-state index contributed by atoms with van der Waals surface area (Å²) in [7, 11) is 0. The van der Waals surface area contributed by atoms with Gasteiger partial charge in [0, 0.05) is 24.2 Å². The van der Waals surface area contributed by atoms with Gasteiger partial charge in [-0.3, -0.25) is 20.2 Å². The molecular formula is C25H30N4O3. The second kappa shape index (κ2) is 11.4. The largest absolute Gasteiger partial charge is 0.304 e. The summed E-state index contributed by atoms with van der Waals surface area (Å²) in [4.78, 5) is 26.2. The van der Waals surface area contributed by atoms with Crippen LogP contribution in [0.5, 0.6) is 0 Å². The summed E-state index contributed by atoms with van der Waals surface area (Å²) >= 11 is 0. The predicted octanol–water partition coefficient (Wildman–Crippen LogP) is 3.28. The number of hydrogen-bond acceptors (Lipinski definition) is 5. The number of fused-ring (bicyclic) bond motifs is 1. The van der Waals surface area contributed by atoms with Crippen molar-refractivity contribution in [2.45, 2.75) is 26.8 Å². The van der Waals surface area contributed by atoms with Crippen LogP contribution >= 0.6 is 0 Å². The molecule has 0 unspecified atom stereocenters. The number of hydrazine groups is 1. The minimum Gasteiger partial charge on any atom is -0.304 e. The lowest BCUT2D eigenvalue weighted by molar-refractivity contribution is 0.0706. The molecule has 3 aromatic rings. The van der Waals surface area contributed by atoms with Crippen molar-refractivity contribution in [3.8, 4) is 0 Å². The molecule has 0 aliphatic rings. The Labute approximate surface area is 188 Å². The Kier molecular flexibility index (Phi) is 8.33. The highest BCUT2D eigenvalue weighted by molar-refractivity contribution is 5.97. The quantitative estimate of drug-likeness (QED) is 0.290. The highest BCUT2D eigenvalue weighted by Crippen LogP contribution is 2.23. The monoisotopic (exact) mass is 434 g/mol. The number of carbonyl (C=O) groups is 2. The molecule has 168 valence electrons. The van der Waals surface area contributed by atoms with Crippen molar-refractivity contribution < 1.29 is 14.8 Å². The zero-order chi connectivity index (χ0) is 22.9. The number of carbonyl (C=O) groups excluding carboxylic acids is 2. The SMILES string of the molecule is CCN(CC)CCc1ccc(CNNC(=O)c2ccc(C(=O)NO)cc2)c2ccccc12. The van der Waals surface area contributed by atoms with E-state index in [9.17, 15) is 9.59 Å². The van der Waals surface area contributed by atoms with Crippen LogP contribution in [0, 0.1) is 0 Å². The molecule has 32 heavy (non-hydrogen) atoms. The molecule has 0 saturated carbocycles. The molecule has 4 N–H and O–H groups in total. The van der Waals surface area contributed by atoms with Gasteiger partial charge in [-0.05, 0) is 65.7 Å². The summed E-state index contributed by atoms with van der Waals surface area (Å²) in [6, 6.07) is 18.7. The van der Waals surface area contributed by atoms with Crippen LogP contribution < -0.4 is 16.3 Å². The van der Waals surface area contributed by atoms with Crippen LogP contribution in [0.2, 0.25) is 0 Å². The Morgan fingerprint density at radius 3 is 1.97 bits per heavy atom. The van der Waals surface area contributed by atoms with Gasteiger partial charge >= 0.3 is 0 Å². The van der Waals surface area contributed by atoms with E-state index in [2.05, 4.69) is 59.9 Å². The van der Waals surface area contributed by atoms with Crippen LogP contribution in [0.1, 0.15) is 45.7 Å². The fourth-order valence-corrected chi connectivity index (χ4v) is 3.74. The molecule has 3 rings (SSSR count). The Hall–Kier alpha value is -3.26. The molecule has 0 saturated heterocycles. The summed E-state index contributed by atoms with van der Waals surface area (Å²) in [5, 5.41) is 11.1. The molecule has 7 nitrogen and oxygen atoms in total. The number of hydroxylamine groups is 1. The number of likely N-dealkylation sites (N-methyl/N-ethyl adjacent to an activating group) is 1. The van der Waals surface area contributed by atoms with Crippen molar-refractivity contribution in [3.05, 3.63) is 82.9 Å². The minimum atomic E-state index is -0.623. The van der Waals surface area contributed by atoms with Gasteiger partial charge in [0.1, 0.15) is 0 Å². The summed E-state index contributed by atoms with van der Waals surface area (Å²) in [6.07, 6.45) is 0.997. The van der Waals surface area contributed by atoms with Crippen LogP contribution in [0.15, 0.2) is 60.7 Å². The molecule has 0 radical (unpaired) electrons. The molecular weight excluding hydrogens is 404 g/mol. The molecule has 7 heteroatoms. The second-order valence-electron chi connectivity index (χ2n) is 7.53. The number of nitrogens with zero attached hydrogens (tertiary/aromatic N) is 1. The van der Waals surface area contributed by atoms with Gasteiger partial charge in [0.05, 0.1) is 0 Å². The summed E-state index contributed by atoms with van der Waals surface area (Å²) in [5.41, 5.74) is 10.4.